The van der Waals surface area contributed by atoms with Crippen LogP contribution in [0, 0.1) is 11.8 Å². The monoisotopic (exact) mass is 444 g/mol. The van der Waals surface area contributed by atoms with Crippen molar-refractivity contribution in [1.29, 1.82) is 0 Å². The molecule has 1 heterocycles. The van der Waals surface area contributed by atoms with Crippen LogP contribution in [0.25, 0.3) is 0 Å². The Morgan fingerprint density at radius 1 is 0.933 bits per heavy atom. The van der Waals surface area contributed by atoms with E-state index in [-0.39, 0.29) is 22.5 Å². The molecule has 1 aliphatic rings. The summed E-state index contributed by atoms with van der Waals surface area (Å²) in [6.45, 7) is 11.5. The summed E-state index contributed by atoms with van der Waals surface area (Å²) in [6, 6.07) is 21.2. The Labute approximate surface area is 187 Å². The molecular formula is C25H36O3SSi. The molecular weight excluding hydrogens is 408 g/mol. The van der Waals surface area contributed by atoms with Crippen LogP contribution in [0.15, 0.2) is 60.7 Å². The molecule has 164 valence electrons. The maximum atomic E-state index is 11.0. The van der Waals surface area contributed by atoms with Gasteiger partial charge in [-0.2, -0.15) is 0 Å². The Balaban J connectivity index is 2.00. The number of rotatable bonds is 6. The van der Waals surface area contributed by atoms with E-state index < -0.39 is 14.4 Å². The molecule has 2 aromatic carbocycles. The summed E-state index contributed by atoms with van der Waals surface area (Å²) >= 11 is 1.72. The molecule has 0 aromatic heterocycles. The van der Waals surface area contributed by atoms with Gasteiger partial charge in [-0.05, 0) is 33.5 Å². The summed E-state index contributed by atoms with van der Waals surface area (Å²) < 4.78 is 13.3. The quantitative estimate of drug-likeness (QED) is 0.675. The maximum absolute atomic E-state index is 11.0. The molecule has 1 N–H and O–H groups in total. The summed E-state index contributed by atoms with van der Waals surface area (Å²) in [7, 11) is -2.63. The van der Waals surface area contributed by atoms with Gasteiger partial charge in [-0.1, -0.05) is 95.3 Å². The molecule has 0 radical (unpaired) electrons. The molecule has 0 amide bonds. The third-order valence-corrected chi connectivity index (χ3v) is 12.6. The van der Waals surface area contributed by atoms with Crippen molar-refractivity contribution < 1.29 is 14.3 Å². The first-order valence-electron chi connectivity index (χ1n) is 10.8. The highest BCUT2D eigenvalue weighted by Crippen LogP contribution is 2.39. The minimum absolute atomic E-state index is 0.0798. The lowest BCUT2D eigenvalue weighted by Gasteiger charge is -2.46. The second kappa shape index (κ2) is 9.57. The number of benzene rings is 2. The molecule has 0 bridgehead atoms. The van der Waals surface area contributed by atoms with Crippen molar-refractivity contribution in [2.24, 2.45) is 11.8 Å². The molecule has 0 saturated carbocycles. The molecule has 0 spiro atoms. The zero-order valence-corrected chi connectivity index (χ0v) is 20.9. The molecule has 3 rings (SSSR count). The Hall–Kier alpha value is -1.11. The number of aliphatic hydroxyl groups excluding tert-OH is 1. The normalized spacial score (nSPS) is 27.8. The van der Waals surface area contributed by atoms with E-state index >= 15 is 0 Å². The van der Waals surface area contributed by atoms with E-state index in [0.717, 1.165) is 0 Å². The van der Waals surface area contributed by atoms with E-state index in [2.05, 4.69) is 102 Å². The van der Waals surface area contributed by atoms with Gasteiger partial charge in [0.25, 0.3) is 8.32 Å². The van der Waals surface area contributed by atoms with Crippen LogP contribution in [0.5, 0.6) is 0 Å². The highest BCUT2D eigenvalue weighted by atomic mass is 32.2. The zero-order valence-electron chi connectivity index (χ0n) is 19.0. The molecule has 2 unspecified atom stereocenters. The van der Waals surface area contributed by atoms with Crippen molar-refractivity contribution in [3.05, 3.63) is 60.7 Å². The van der Waals surface area contributed by atoms with E-state index in [4.69, 9.17) is 9.16 Å². The lowest BCUT2D eigenvalue weighted by atomic mass is 9.86. The fraction of sp³-hybridized carbons (Fsp3) is 0.520. The first kappa shape index (κ1) is 23.5. The van der Waals surface area contributed by atoms with E-state index in [1.165, 1.54) is 10.4 Å². The topological polar surface area (TPSA) is 38.7 Å². The van der Waals surface area contributed by atoms with Gasteiger partial charge in [0.2, 0.25) is 0 Å². The average Bonchev–Trinajstić information content (AvgIpc) is 2.74. The SMILES string of the molecule is CSC1OC(CO[Si](c2ccccc2)(c2ccccc2)C(C)(C)C)[C@H](O)[C@H](C)[C@H]1C. The molecule has 1 saturated heterocycles. The number of hydrogen-bond donors (Lipinski definition) is 1. The molecule has 5 atom stereocenters. The average molecular weight is 445 g/mol. The molecule has 30 heavy (non-hydrogen) atoms. The van der Waals surface area contributed by atoms with Gasteiger partial charge in [0.05, 0.1) is 12.7 Å². The van der Waals surface area contributed by atoms with Crippen molar-refractivity contribution in [1.82, 2.24) is 0 Å². The standard InChI is InChI=1S/C25H36O3SSi/c1-18-19(2)24(29-6)28-22(23(18)26)17-27-30(25(3,4)5,20-13-9-7-10-14-20)21-15-11-8-12-16-21/h7-16,18-19,22-24,26H,17H2,1-6H3/t18-,19-,22?,23-,24?/m1/s1. The van der Waals surface area contributed by atoms with Crippen molar-refractivity contribution in [3.63, 3.8) is 0 Å². The van der Waals surface area contributed by atoms with Gasteiger partial charge in [-0.3, -0.25) is 0 Å². The fourth-order valence-electron chi connectivity index (χ4n) is 4.65. The van der Waals surface area contributed by atoms with Gasteiger partial charge in [0.15, 0.2) is 0 Å². The Morgan fingerprint density at radius 3 is 1.87 bits per heavy atom. The van der Waals surface area contributed by atoms with Crippen molar-refractivity contribution >= 4 is 30.5 Å². The number of hydrogen-bond acceptors (Lipinski definition) is 4. The lowest BCUT2D eigenvalue weighted by Crippen LogP contribution is -2.67. The highest BCUT2D eigenvalue weighted by Gasteiger charge is 2.51. The van der Waals surface area contributed by atoms with Crippen LogP contribution >= 0.6 is 11.8 Å². The zero-order chi connectivity index (χ0) is 21.9. The van der Waals surface area contributed by atoms with Gasteiger partial charge < -0.3 is 14.3 Å². The Bertz CT molecular complexity index is 752. The van der Waals surface area contributed by atoms with Crippen LogP contribution < -0.4 is 10.4 Å². The van der Waals surface area contributed by atoms with Crippen LogP contribution in [-0.2, 0) is 9.16 Å². The van der Waals surface area contributed by atoms with Crippen molar-refractivity contribution in [3.8, 4) is 0 Å². The van der Waals surface area contributed by atoms with Gasteiger partial charge in [0, 0.05) is 0 Å². The summed E-state index contributed by atoms with van der Waals surface area (Å²) in [4.78, 5) is 0. The van der Waals surface area contributed by atoms with E-state index in [1.807, 2.05) is 0 Å². The molecule has 1 fully saturated rings. The van der Waals surface area contributed by atoms with Crippen LogP contribution in [0.2, 0.25) is 5.04 Å². The predicted octanol–water partition coefficient (Wildman–Crippen LogP) is 4.28. The smallest absolute Gasteiger partial charge is 0.261 e. The van der Waals surface area contributed by atoms with Gasteiger partial charge >= 0.3 is 0 Å². The first-order valence-corrected chi connectivity index (χ1v) is 14.0. The molecule has 0 aliphatic carbocycles. The molecule has 2 aromatic rings. The summed E-state index contributed by atoms with van der Waals surface area (Å²) in [5.74, 6) is 0.475. The van der Waals surface area contributed by atoms with Crippen molar-refractivity contribution in [2.45, 2.75) is 57.3 Å². The Morgan fingerprint density at radius 2 is 1.43 bits per heavy atom. The van der Waals surface area contributed by atoms with Crippen molar-refractivity contribution in [2.75, 3.05) is 12.9 Å². The Kier molecular flexibility index (Phi) is 7.52. The number of aliphatic hydroxyl groups is 1. The lowest BCUT2D eigenvalue weighted by molar-refractivity contribution is -0.150. The van der Waals surface area contributed by atoms with Gasteiger partial charge in [-0.25, -0.2) is 0 Å². The van der Waals surface area contributed by atoms with E-state index in [0.29, 0.717) is 12.5 Å². The second-order valence-electron chi connectivity index (χ2n) is 9.46. The van der Waals surface area contributed by atoms with E-state index in [9.17, 15) is 5.11 Å². The second-order valence-corrected chi connectivity index (χ2v) is 14.7. The van der Waals surface area contributed by atoms with Crippen LogP contribution in [0.3, 0.4) is 0 Å². The number of ether oxygens (including phenoxy) is 1. The third-order valence-electron chi connectivity index (χ3n) is 6.60. The van der Waals surface area contributed by atoms with Crippen LogP contribution in [-0.4, -0.2) is 43.9 Å². The largest absolute Gasteiger partial charge is 0.405 e. The van der Waals surface area contributed by atoms with Gasteiger partial charge in [-0.15, -0.1) is 11.8 Å². The fourth-order valence-corrected chi connectivity index (χ4v) is 10.2. The molecule has 5 heteroatoms. The predicted molar refractivity (Wildman–Crippen MR) is 130 cm³/mol. The van der Waals surface area contributed by atoms with Crippen LogP contribution in [0.1, 0.15) is 34.6 Å². The maximum Gasteiger partial charge on any atom is 0.261 e. The molecule has 1 aliphatic heterocycles. The summed E-state index contributed by atoms with van der Waals surface area (Å²) in [5, 5.41) is 13.4. The van der Waals surface area contributed by atoms with Crippen LogP contribution in [0.4, 0.5) is 0 Å². The summed E-state index contributed by atoms with van der Waals surface area (Å²) in [5.41, 5.74) is 0.0798. The number of thioether (sulfide) groups is 1. The van der Waals surface area contributed by atoms with Gasteiger partial charge in [0.1, 0.15) is 11.5 Å². The minimum atomic E-state index is -2.63. The molecule has 3 nitrogen and oxygen atoms in total. The summed E-state index contributed by atoms with van der Waals surface area (Å²) in [6.07, 6.45) is 1.22. The third kappa shape index (κ3) is 4.41. The highest BCUT2D eigenvalue weighted by molar-refractivity contribution is 7.99. The first-order chi connectivity index (χ1) is 14.2. The minimum Gasteiger partial charge on any atom is -0.405 e. The van der Waals surface area contributed by atoms with E-state index in [1.54, 1.807) is 11.8 Å².